The van der Waals surface area contributed by atoms with E-state index in [9.17, 15) is 43.3 Å². The molecule has 2 fully saturated rings. The fourth-order valence-corrected chi connectivity index (χ4v) is 8.14. The van der Waals surface area contributed by atoms with Crippen molar-refractivity contribution >= 4 is 35.2 Å². The second kappa shape index (κ2) is 8.37. The van der Waals surface area contributed by atoms with E-state index in [0.29, 0.717) is 0 Å². The van der Waals surface area contributed by atoms with Crippen molar-refractivity contribution in [3.05, 3.63) is 26.9 Å². The molecular weight excluding hydrogens is 497 g/mol. The topological polar surface area (TPSA) is 233 Å². The van der Waals surface area contributed by atoms with E-state index in [2.05, 4.69) is 17.5 Å². The summed E-state index contributed by atoms with van der Waals surface area (Å²) in [5, 5.41) is 20.5. The van der Waals surface area contributed by atoms with Crippen LogP contribution in [-0.2, 0) is 35.9 Å². The van der Waals surface area contributed by atoms with Crippen LogP contribution in [0.2, 0.25) is 0 Å². The monoisotopic (exact) mass is 512 g/mol. The molecule has 0 aromatic carbocycles. The van der Waals surface area contributed by atoms with Crippen molar-refractivity contribution in [2.45, 2.75) is 29.6 Å². The molecule has 5 N–H and O–H groups in total. The highest BCUT2D eigenvalue weighted by Gasteiger charge is 2.55. The average molecular weight is 512 g/mol. The summed E-state index contributed by atoms with van der Waals surface area (Å²) in [6, 6.07) is 1.05. The zero-order valence-electron chi connectivity index (χ0n) is 14.7. The Balaban J connectivity index is 1.80. The van der Waals surface area contributed by atoms with Gasteiger partial charge in [0.2, 0.25) is 0 Å². The fourth-order valence-electron chi connectivity index (χ4n) is 2.60. The molecule has 2 aliphatic rings. The van der Waals surface area contributed by atoms with Gasteiger partial charge in [-0.2, -0.15) is 12.9 Å². The van der Waals surface area contributed by atoms with E-state index in [4.69, 9.17) is 4.74 Å². The van der Waals surface area contributed by atoms with Gasteiger partial charge in [-0.1, -0.05) is 0 Å². The van der Waals surface area contributed by atoms with Crippen molar-refractivity contribution in [3.63, 3.8) is 0 Å². The maximum absolute atomic E-state index is 12.2. The molecule has 3 heterocycles. The highest BCUT2D eigenvalue weighted by atomic mass is 32.2. The summed E-state index contributed by atoms with van der Waals surface area (Å²) in [4.78, 5) is 43.9. The van der Waals surface area contributed by atoms with Crippen LogP contribution in [0.15, 0.2) is 20.7 Å². The minimum absolute atomic E-state index is 0.0906. The number of thioether (sulfide) groups is 1. The van der Waals surface area contributed by atoms with Gasteiger partial charge in [0.25, 0.3) is 5.56 Å². The predicted molar refractivity (Wildman–Crippen MR) is 95.5 cm³/mol. The Labute approximate surface area is 170 Å². The minimum atomic E-state index is -5.26. The molecule has 2 unspecified atom stereocenters. The van der Waals surface area contributed by atoms with E-state index in [1.165, 1.54) is 6.26 Å². The maximum Gasteiger partial charge on any atom is 0.492 e. The van der Waals surface area contributed by atoms with Gasteiger partial charge >= 0.3 is 29.2 Å². The Morgan fingerprint density at radius 3 is 2.30 bits per heavy atom. The van der Waals surface area contributed by atoms with Crippen molar-refractivity contribution in [2.75, 3.05) is 12.9 Å². The molecule has 2 saturated heterocycles. The molecule has 0 amide bonds. The van der Waals surface area contributed by atoms with Gasteiger partial charge in [0.1, 0.15) is 18.3 Å². The van der Waals surface area contributed by atoms with Gasteiger partial charge in [-0.25, -0.2) is 18.5 Å². The van der Waals surface area contributed by atoms with E-state index in [0.717, 1.165) is 22.4 Å². The predicted octanol–water partition coefficient (Wildman–Crippen LogP) is -0.733. The molecule has 1 aromatic heterocycles. The molecule has 0 aliphatic carbocycles. The normalized spacial score (nSPS) is 41.8. The van der Waals surface area contributed by atoms with Gasteiger partial charge in [-0.3, -0.25) is 18.9 Å². The van der Waals surface area contributed by atoms with E-state index < -0.39 is 65.9 Å². The van der Waals surface area contributed by atoms with Crippen molar-refractivity contribution < 1.29 is 55.9 Å². The summed E-state index contributed by atoms with van der Waals surface area (Å²) in [6.45, 7) is -0.932. The molecule has 1 aromatic rings. The molecular formula is C10H15N2O14P3S. The first-order chi connectivity index (χ1) is 13.8. The first-order valence-corrected chi connectivity index (χ1v) is 13.4. The number of H-pyrrole nitrogens is 1. The van der Waals surface area contributed by atoms with Gasteiger partial charge in [0.05, 0.1) is 11.6 Å². The molecule has 0 saturated carbocycles. The van der Waals surface area contributed by atoms with Crippen LogP contribution in [-0.4, -0.2) is 60.7 Å². The van der Waals surface area contributed by atoms with Crippen LogP contribution in [0.25, 0.3) is 0 Å². The molecule has 6 atom stereocenters. The van der Waals surface area contributed by atoms with Gasteiger partial charge in [0.15, 0.2) is 6.23 Å². The number of aliphatic hydroxyl groups excluding tert-OH is 2. The third-order valence-corrected chi connectivity index (χ3v) is 9.85. The van der Waals surface area contributed by atoms with Crippen LogP contribution in [0.5, 0.6) is 0 Å². The minimum Gasteiger partial charge on any atom is -0.387 e. The van der Waals surface area contributed by atoms with E-state index in [1.54, 1.807) is 0 Å². The van der Waals surface area contributed by atoms with Crippen LogP contribution in [0.1, 0.15) is 6.23 Å². The lowest BCUT2D eigenvalue weighted by Gasteiger charge is -2.27. The second-order valence-electron chi connectivity index (χ2n) is 5.82. The summed E-state index contributed by atoms with van der Waals surface area (Å²) in [6.07, 6.45) is -4.94. The molecule has 0 radical (unpaired) electrons. The van der Waals surface area contributed by atoms with Crippen molar-refractivity contribution in [2.24, 2.45) is 0 Å². The number of hydrogen-bond acceptors (Lipinski definition) is 13. The summed E-state index contributed by atoms with van der Waals surface area (Å²) in [7, 11) is -15.6. The lowest BCUT2D eigenvalue weighted by Crippen LogP contribution is -2.38. The van der Waals surface area contributed by atoms with Crippen LogP contribution < -0.4 is 11.2 Å². The molecule has 3 rings (SSSR count). The van der Waals surface area contributed by atoms with Crippen molar-refractivity contribution in [1.29, 1.82) is 0 Å². The van der Waals surface area contributed by atoms with Crippen LogP contribution in [0, 0.1) is 0 Å². The Bertz CT molecular complexity index is 1060. The number of aromatic amines is 1. The lowest BCUT2D eigenvalue weighted by molar-refractivity contribution is -0.0585. The van der Waals surface area contributed by atoms with Crippen LogP contribution in [0.3, 0.4) is 0 Å². The largest absolute Gasteiger partial charge is 0.492 e. The SMILES string of the molecule is CSc1cc(=O)[nH]c(=O)n1[C@@H]1O[C@H](COP2(=O)OP(=O)(O)OP(=O)(O)O2)[C@@H](O)[C@H]1O. The number of nitrogens with one attached hydrogen (secondary N) is 1. The molecule has 0 bridgehead atoms. The Morgan fingerprint density at radius 1 is 1.13 bits per heavy atom. The first-order valence-electron chi connectivity index (χ1n) is 7.71. The van der Waals surface area contributed by atoms with Crippen LogP contribution in [0.4, 0.5) is 0 Å². The van der Waals surface area contributed by atoms with Gasteiger partial charge in [-0.05, 0) is 6.26 Å². The lowest BCUT2D eigenvalue weighted by atomic mass is 10.1. The van der Waals surface area contributed by atoms with Gasteiger partial charge in [-0.15, -0.1) is 11.8 Å². The molecule has 2 aliphatic heterocycles. The number of hydrogen-bond donors (Lipinski definition) is 5. The summed E-state index contributed by atoms with van der Waals surface area (Å²) in [5.41, 5.74) is -1.65. The standard InChI is InChI=1S/C10H15N2O14P3S/c1-30-6-2-5(13)11-10(16)12(6)9-8(15)7(14)4(23-9)3-22-29(21)25-27(17,18)24-28(19,20)26-29/h2,4,7-9,14-15H,3H2,1H3,(H,17,18)(H,19,20)(H,11,13,16)/t4-,7-,8-,9-/m1/s1. The maximum atomic E-state index is 12.2. The number of aromatic nitrogens is 2. The number of phosphoric acid groups is 3. The molecule has 30 heavy (non-hydrogen) atoms. The Morgan fingerprint density at radius 2 is 1.73 bits per heavy atom. The number of aliphatic hydroxyl groups is 2. The third-order valence-electron chi connectivity index (χ3n) is 3.75. The summed E-state index contributed by atoms with van der Waals surface area (Å²) < 4.78 is 57.8. The zero-order valence-corrected chi connectivity index (χ0v) is 18.2. The smallest absolute Gasteiger partial charge is 0.387 e. The van der Waals surface area contributed by atoms with Crippen LogP contribution >= 0.6 is 35.2 Å². The second-order valence-corrected chi connectivity index (χ2v) is 11.6. The summed E-state index contributed by atoms with van der Waals surface area (Å²) in [5.74, 6) is 0. The quantitative estimate of drug-likeness (QED) is 0.186. The van der Waals surface area contributed by atoms with E-state index in [-0.39, 0.29) is 5.03 Å². The number of nitrogens with zero attached hydrogens (tertiary/aromatic N) is 1. The van der Waals surface area contributed by atoms with E-state index >= 15 is 0 Å². The Hall–Kier alpha value is -0.640. The zero-order chi connectivity index (χ0) is 22.5. The molecule has 20 heteroatoms. The average Bonchev–Trinajstić information content (AvgIpc) is 2.84. The highest BCUT2D eigenvalue weighted by molar-refractivity contribution is 7.98. The number of ether oxygens (including phenoxy) is 1. The molecule has 16 nitrogen and oxygen atoms in total. The highest BCUT2D eigenvalue weighted by Crippen LogP contribution is 2.80. The Kier molecular flexibility index (Phi) is 6.70. The summed E-state index contributed by atoms with van der Waals surface area (Å²) >= 11 is 0.973. The van der Waals surface area contributed by atoms with Crippen molar-refractivity contribution in [1.82, 2.24) is 9.55 Å². The van der Waals surface area contributed by atoms with Gasteiger partial charge < -0.3 is 24.7 Å². The third kappa shape index (κ3) is 5.05. The number of rotatable bonds is 5. The molecule has 170 valence electrons. The van der Waals surface area contributed by atoms with Gasteiger partial charge in [0, 0.05) is 6.07 Å². The fraction of sp³-hybridized carbons (Fsp3) is 0.600. The van der Waals surface area contributed by atoms with Crippen molar-refractivity contribution in [3.8, 4) is 0 Å². The van der Waals surface area contributed by atoms with E-state index in [1.807, 2.05) is 4.98 Å². The first kappa shape index (κ1) is 24.0. The molecule has 0 spiro atoms.